The second-order valence-electron chi connectivity index (χ2n) is 6.81. The number of aryl methyl sites for hydroxylation is 1. The lowest BCUT2D eigenvalue weighted by Crippen LogP contribution is -2.44. The monoisotopic (exact) mass is 395 g/mol. The van der Waals surface area contributed by atoms with Crippen LogP contribution in [0.2, 0.25) is 0 Å². The van der Waals surface area contributed by atoms with E-state index in [2.05, 4.69) is 47.3 Å². The minimum Gasteiger partial charge on any atom is -0.317 e. The van der Waals surface area contributed by atoms with Crippen molar-refractivity contribution in [2.75, 3.05) is 46.3 Å². The molecule has 140 valence electrons. The average Bonchev–Trinajstić information content (AvgIpc) is 2.52. The van der Waals surface area contributed by atoms with Crippen LogP contribution in [-0.2, 0) is 6.54 Å². The van der Waals surface area contributed by atoms with Crippen LogP contribution in [0.25, 0.3) is 0 Å². The van der Waals surface area contributed by atoms with Crippen LogP contribution < -0.4 is 5.32 Å². The van der Waals surface area contributed by atoms with Crippen molar-refractivity contribution in [3.05, 3.63) is 34.9 Å². The van der Waals surface area contributed by atoms with Gasteiger partial charge in [0.25, 0.3) is 0 Å². The number of hydrogen-bond acceptors (Lipinski definition) is 3. The van der Waals surface area contributed by atoms with Crippen molar-refractivity contribution >= 4 is 37.2 Å². The number of likely N-dealkylation sites (N-methyl/N-ethyl adjacent to an activating group) is 1. The van der Waals surface area contributed by atoms with E-state index in [-0.39, 0.29) is 37.2 Å². The summed E-state index contributed by atoms with van der Waals surface area (Å²) in [4.78, 5) is 5.05. The standard InChI is InChI=1S/C18H29N3.3ClH/c1-15-3-4-17(14-21-11-9-20(2)10-12-21)18(13-15)16-5-7-19-8-6-16;;;/h3-4,13,16,19H,5-12,14H2,1-2H3;3*1H. The topological polar surface area (TPSA) is 18.5 Å². The van der Waals surface area contributed by atoms with Crippen molar-refractivity contribution in [2.24, 2.45) is 0 Å². The summed E-state index contributed by atoms with van der Waals surface area (Å²) in [5.74, 6) is 0.758. The number of benzene rings is 1. The van der Waals surface area contributed by atoms with Crippen molar-refractivity contribution in [3.63, 3.8) is 0 Å². The first-order valence-electron chi connectivity index (χ1n) is 8.43. The molecule has 24 heavy (non-hydrogen) atoms. The zero-order chi connectivity index (χ0) is 14.7. The molecule has 0 unspecified atom stereocenters. The molecule has 1 aromatic rings. The van der Waals surface area contributed by atoms with Gasteiger partial charge < -0.3 is 10.2 Å². The van der Waals surface area contributed by atoms with Gasteiger partial charge in [-0.25, -0.2) is 0 Å². The zero-order valence-corrected chi connectivity index (χ0v) is 17.2. The van der Waals surface area contributed by atoms with Gasteiger partial charge in [-0.15, -0.1) is 37.2 Å². The summed E-state index contributed by atoms with van der Waals surface area (Å²) in [5.41, 5.74) is 4.60. The second kappa shape index (κ2) is 11.6. The third-order valence-electron chi connectivity index (χ3n) is 5.07. The fourth-order valence-corrected chi connectivity index (χ4v) is 3.62. The quantitative estimate of drug-likeness (QED) is 0.844. The molecule has 3 nitrogen and oxygen atoms in total. The van der Waals surface area contributed by atoms with Gasteiger partial charge in [-0.2, -0.15) is 0 Å². The highest BCUT2D eigenvalue weighted by Crippen LogP contribution is 2.29. The molecule has 1 aromatic carbocycles. The van der Waals surface area contributed by atoms with Gasteiger partial charge in [0, 0.05) is 32.7 Å². The Morgan fingerprint density at radius 3 is 2.25 bits per heavy atom. The first-order valence-corrected chi connectivity index (χ1v) is 8.43. The highest BCUT2D eigenvalue weighted by Gasteiger charge is 2.20. The van der Waals surface area contributed by atoms with Crippen LogP contribution in [0.15, 0.2) is 18.2 Å². The average molecular weight is 397 g/mol. The minimum absolute atomic E-state index is 0. The first-order chi connectivity index (χ1) is 10.2. The van der Waals surface area contributed by atoms with Crippen LogP contribution in [0.5, 0.6) is 0 Å². The zero-order valence-electron chi connectivity index (χ0n) is 14.8. The van der Waals surface area contributed by atoms with Gasteiger partial charge in [-0.3, -0.25) is 4.90 Å². The maximum Gasteiger partial charge on any atom is 0.0237 e. The van der Waals surface area contributed by atoms with E-state index >= 15 is 0 Å². The van der Waals surface area contributed by atoms with Crippen LogP contribution in [0.4, 0.5) is 0 Å². The largest absolute Gasteiger partial charge is 0.317 e. The smallest absolute Gasteiger partial charge is 0.0237 e. The number of halogens is 3. The Bertz CT molecular complexity index is 471. The van der Waals surface area contributed by atoms with Crippen LogP contribution in [0.3, 0.4) is 0 Å². The van der Waals surface area contributed by atoms with Gasteiger partial charge in [0.2, 0.25) is 0 Å². The predicted octanol–water partition coefficient (Wildman–Crippen LogP) is 3.47. The lowest BCUT2D eigenvalue weighted by Gasteiger charge is -2.34. The molecule has 0 amide bonds. The van der Waals surface area contributed by atoms with Crippen LogP contribution >= 0.6 is 37.2 Å². The molecule has 2 heterocycles. The van der Waals surface area contributed by atoms with Gasteiger partial charge in [-0.05, 0) is 56.9 Å². The summed E-state index contributed by atoms with van der Waals surface area (Å²) in [5, 5.41) is 3.49. The molecular formula is C18H32Cl3N3. The molecule has 2 saturated heterocycles. The summed E-state index contributed by atoms with van der Waals surface area (Å²) in [7, 11) is 2.23. The number of piperidine rings is 1. The molecular weight excluding hydrogens is 365 g/mol. The second-order valence-corrected chi connectivity index (χ2v) is 6.81. The molecule has 2 fully saturated rings. The van der Waals surface area contributed by atoms with Crippen molar-refractivity contribution in [1.82, 2.24) is 15.1 Å². The molecule has 0 bridgehead atoms. The summed E-state index contributed by atoms with van der Waals surface area (Å²) in [6.07, 6.45) is 2.58. The Balaban J connectivity index is 0.00000176. The van der Waals surface area contributed by atoms with E-state index in [0.717, 1.165) is 12.5 Å². The fourth-order valence-electron chi connectivity index (χ4n) is 3.62. The lowest BCUT2D eigenvalue weighted by molar-refractivity contribution is 0.147. The molecule has 6 heteroatoms. The SMILES string of the molecule is Cc1ccc(CN2CCN(C)CC2)c(C2CCNCC2)c1.Cl.Cl.Cl. The number of nitrogens with zero attached hydrogens (tertiary/aromatic N) is 2. The molecule has 1 N–H and O–H groups in total. The van der Waals surface area contributed by atoms with Gasteiger partial charge in [0.1, 0.15) is 0 Å². The molecule has 2 aliphatic heterocycles. The fraction of sp³-hybridized carbons (Fsp3) is 0.667. The van der Waals surface area contributed by atoms with Crippen molar-refractivity contribution in [1.29, 1.82) is 0 Å². The molecule has 0 aliphatic carbocycles. The Morgan fingerprint density at radius 2 is 1.62 bits per heavy atom. The van der Waals surface area contributed by atoms with E-state index < -0.39 is 0 Å². The third-order valence-corrected chi connectivity index (χ3v) is 5.07. The van der Waals surface area contributed by atoms with E-state index in [1.807, 2.05) is 0 Å². The van der Waals surface area contributed by atoms with E-state index in [9.17, 15) is 0 Å². The summed E-state index contributed by atoms with van der Waals surface area (Å²) in [6.45, 7) is 10.5. The first kappa shape index (κ1) is 24.0. The molecule has 0 atom stereocenters. The molecule has 3 rings (SSSR count). The number of piperazine rings is 1. The Morgan fingerprint density at radius 1 is 1.00 bits per heavy atom. The molecule has 0 spiro atoms. The number of rotatable bonds is 3. The summed E-state index contributed by atoms with van der Waals surface area (Å²) >= 11 is 0. The van der Waals surface area contributed by atoms with E-state index in [1.54, 1.807) is 11.1 Å². The van der Waals surface area contributed by atoms with Gasteiger partial charge >= 0.3 is 0 Å². The molecule has 0 aromatic heterocycles. The maximum atomic E-state index is 3.49. The highest BCUT2D eigenvalue weighted by atomic mass is 35.5. The van der Waals surface area contributed by atoms with E-state index in [1.165, 1.54) is 57.7 Å². The lowest BCUT2D eigenvalue weighted by atomic mass is 9.86. The Hall–Kier alpha value is -0.0300. The molecule has 0 saturated carbocycles. The number of nitrogens with one attached hydrogen (secondary N) is 1. The molecule has 2 aliphatic rings. The maximum absolute atomic E-state index is 3.49. The van der Waals surface area contributed by atoms with E-state index in [4.69, 9.17) is 0 Å². The number of hydrogen-bond donors (Lipinski definition) is 1. The molecule has 0 radical (unpaired) electrons. The highest BCUT2D eigenvalue weighted by molar-refractivity contribution is 5.86. The third kappa shape index (κ3) is 6.36. The van der Waals surface area contributed by atoms with Gasteiger partial charge in [0.05, 0.1) is 0 Å². The van der Waals surface area contributed by atoms with Gasteiger partial charge in [-0.1, -0.05) is 23.8 Å². The van der Waals surface area contributed by atoms with Crippen LogP contribution in [0, 0.1) is 6.92 Å². The minimum atomic E-state index is 0. The van der Waals surface area contributed by atoms with Crippen molar-refractivity contribution < 1.29 is 0 Å². The van der Waals surface area contributed by atoms with Crippen LogP contribution in [-0.4, -0.2) is 56.1 Å². The summed E-state index contributed by atoms with van der Waals surface area (Å²) < 4.78 is 0. The predicted molar refractivity (Wildman–Crippen MR) is 111 cm³/mol. The summed E-state index contributed by atoms with van der Waals surface area (Å²) in [6, 6.07) is 7.11. The Labute approximate surface area is 165 Å². The van der Waals surface area contributed by atoms with Crippen molar-refractivity contribution in [3.8, 4) is 0 Å². The van der Waals surface area contributed by atoms with Crippen molar-refractivity contribution in [2.45, 2.75) is 32.2 Å². The normalized spacial score (nSPS) is 19.8. The van der Waals surface area contributed by atoms with Gasteiger partial charge in [0.15, 0.2) is 0 Å². The van der Waals surface area contributed by atoms with E-state index in [0.29, 0.717) is 0 Å². The Kier molecular flexibility index (Phi) is 11.5. The van der Waals surface area contributed by atoms with Crippen LogP contribution in [0.1, 0.15) is 35.4 Å².